The molecule has 26 heavy (non-hydrogen) atoms. The first kappa shape index (κ1) is 18.7. The third-order valence-corrected chi connectivity index (χ3v) is 3.11. The second-order valence-electron chi connectivity index (χ2n) is 4.96. The van der Waals surface area contributed by atoms with Gasteiger partial charge in [0.15, 0.2) is 18.1 Å². The molecular formula is C17H17N3O6. The number of nitro benzene ring substituents is 1. The van der Waals surface area contributed by atoms with E-state index in [4.69, 9.17) is 9.47 Å². The zero-order valence-electron chi connectivity index (χ0n) is 13.9. The molecule has 0 heterocycles. The summed E-state index contributed by atoms with van der Waals surface area (Å²) >= 11 is 0. The Hall–Kier alpha value is -3.62. The molecule has 1 amide bonds. The number of nitro groups is 1. The summed E-state index contributed by atoms with van der Waals surface area (Å²) in [6.45, 7) is 1.97. The summed E-state index contributed by atoms with van der Waals surface area (Å²) in [5, 5.41) is 24.0. The van der Waals surface area contributed by atoms with E-state index in [0.29, 0.717) is 18.1 Å². The van der Waals surface area contributed by atoms with Gasteiger partial charge in [0, 0.05) is 6.07 Å². The molecule has 2 N–H and O–H groups in total. The summed E-state index contributed by atoms with van der Waals surface area (Å²) in [7, 11) is 0. The Morgan fingerprint density at radius 2 is 1.96 bits per heavy atom. The highest BCUT2D eigenvalue weighted by Gasteiger charge is 2.12. The van der Waals surface area contributed by atoms with Crippen LogP contribution in [0.5, 0.6) is 17.2 Å². The number of ether oxygens (including phenoxy) is 2. The van der Waals surface area contributed by atoms with Crippen molar-refractivity contribution in [3.05, 3.63) is 58.1 Å². The number of hydrogen-bond donors (Lipinski definition) is 2. The van der Waals surface area contributed by atoms with Gasteiger partial charge in [0.1, 0.15) is 5.75 Å². The SMILES string of the molecule is CCOc1ccccc1OCC(=O)NN=Cc1cc(O)ccc1[N+](=O)[O-]. The summed E-state index contributed by atoms with van der Waals surface area (Å²) < 4.78 is 10.8. The number of nitrogens with zero attached hydrogens (tertiary/aromatic N) is 2. The Morgan fingerprint density at radius 3 is 2.62 bits per heavy atom. The summed E-state index contributed by atoms with van der Waals surface area (Å²) in [6, 6.07) is 10.4. The largest absolute Gasteiger partial charge is 0.508 e. The van der Waals surface area contributed by atoms with Crippen LogP contribution in [0.1, 0.15) is 12.5 Å². The van der Waals surface area contributed by atoms with E-state index in [2.05, 4.69) is 10.5 Å². The Balaban J connectivity index is 1.94. The summed E-state index contributed by atoms with van der Waals surface area (Å²) in [4.78, 5) is 22.1. The molecule has 9 nitrogen and oxygen atoms in total. The minimum Gasteiger partial charge on any atom is -0.508 e. The highest BCUT2D eigenvalue weighted by atomic mass is 16.6. The highest BCUT2D eigenvalue weighted by Crippen LogP contribution is 2.26. The predicted octanol–water partition coefficient (Wildman–Crippen LogP) is 2.23. The topological polar surface area (TPSA) is 123 Å². The van der Waals surface area contributed by atoms with E-state index < -0.39 is 10.8 Å². The zero-order chi connectivity index (χ0) is 18.9. The Labute approximate surface area is 149 Å². The molecule has 2 aromatic carbocycles. The van der Waals surface area contributed by atoms with E-state index in [-0.39, 0.29) is 23.6 Å². The molecule has 0 aliphatic carbocycles. The van der Waals surface area contributed by atoms with Crippen LogP contribution < -0.4 is 14.9 Å². The van der Waals surface area contributed by atoms with Gasteiger partial charge in [-0.25, -0.2) is 5.43 Å². The third-order valence-electron chi connectivity index (χ3n) is 3.11. The molecule has 2 aromatic rings. The third kappa shape index (κ3) is 5.20. The van der Waals surface area contributed by atoms with Crippen LogP contribution in [0, 0.1) is 10.1 Å². The number of benzene rings is 2. The van der Waals surface area contributed by atoms with E-state index in [0.717, 1.165) is 12.3 Å². The van der Waals surface area contributed by atoms with Gasteiger partial charge in [-0.2, -0.15) is 5.10 Å². The second-order valence-corrected chi connectivity index (χ2v) is 4.96. The molecule has 9 heteroatoms. The number of carbonyl (C=O) groups excluding carboxylic acids is 1. The molecule has 0 aromatic heterocycles. The fourth-order valence-electron chi connectivity index (χ4n) is 2.01. The highest BCUT2D eigenvalue weighted by molar-refractivity contribution is 5.87. The molecule has 0 atom stereocenters. The van der Waals surface area contributed by atoms with E-state index >= 15 is 0 Å². The summed E-state index contributed by atoms with van der Waals surface area (Å²) in [5.74, 6) is 0.216. The van der Waals surface area contributed by atoms with Crippen molar-refractivity contribution in [2.24, 2.45) is 5.10 Å². The fraction of sp³-hybridized carbons (Fsp3) is 0.176. The maximum Gasteiger partial charge on any atom is 0.278 e. The minimum absolute atomic E-state index is 0.0536. The maximum atomic E-state index is 11.8. The van der Waals surface area contributed by atoms with Crippen LogP contribution >= 0.6 is 0 Å². The Morgan fingerprint density at radius 1 is 1.27 bits per heavy atom. The van der Waals surface area contributed by atoms with Crippen molar-refractivity contribution in [3.8, 4) is 17.2 Å². The monoisotopic (exact) mass is 359 g/mol. The van der Waals surface area contributed by atoms with Gasteiger partial charge in [-0.15, -0.1) is 0 Å². The van der Waals surface area contributed by atoms with E-state index in [1.165, 1.54) is 12.1 Å². The van der Waals surface area contributed by atoms with Gasteiger partial charge in [0.2, 0.25) is 0 Å². The maximum absolute atomic E-state index is 11.8. The van der Waals surface area contributed by atoms with Gasteiger partial charge in [-0.05, 0) is 31.2 Å². The number of hydrogen-bond acceptors (Lipinski definition) is 7. The molecule has 0 radical (unpaired) electrons. The average molecular weight is 359 g/mol. The van der Waals surface area contributed by atoms with Crippen molar-refractivity contribution in [2.75, 3.05) is 13.2 Å². The van der Waals surface area contributed by atoms with Gasteiger partial charge >= 0.3 is 0 Å². The standard InChI is InChI=1S/C17H17N3O6/c1-2-25-15-5-3-4-6-16(15)26-11-17(22)19-18-10-12-9-13(21)7-8-14(12)20(23)24/h3-10,21H,2,11H2,1H3,(H,19,22). The van der Waals surface area contributed by atoms with E-state index in [9.17, 15) is 20.0 Å². The molecule has 0 saturated carbocycles. The van der Waals surface area contributed by atoms with Gasteiger partial charge in [0.05, 0.1) is 23.3 Å². The lowest BCUT2D eigenvalue weighted by molar-refractivity contribution is -0.385. The van der Waals surface area contributed by atoms with E-state index in [1.807, 2.05) is 6.92 Å². The minimum atomic E-state index is -0.615. The Bertz CT molecular complexity index is 822. The number of para-hydroxylation sites is 2. The predicted molar refractivity (Wildman–Crippen MR) is 93.6 cm³/mol. The lowest BCUT2D eigenvalue weighted by atomic mass is 10.2. The van der Waals surface area contributed by atoms with Crippen molar-refractivity contribution in [1.29, 1.82) is 0 Å². The quantitative estimate of drug-likeness (QED) is 0.423. The van der Waals surface area contributed by atoms with Crippen LogP contribution in [-0.2, 0) is 4.79 Å². The normalized spacial score (nSPS) is 10.5. The van der Waals surface area contributed by atoms with Crippen LogP contribution in [-0.4, -0.2) is 35.4 Å². The molecular weight excluding hydrogens is 342 g/mol. The van der Waals surface area contributed by atoms with Crippen LogP contribution in [0.2, 0.25) is 0 Å². The lowest BCUT2D eigenvalue weighted by Gasteiger charge is -2.10. The zero-order valence-corrected chi connectivity index (χ0v) is 13.9. The van der Waals surface area contributed by atoms with Crippen molar-refractivity contribution < 1.29 is 24.3 Å². The van der Waals surface area contributed by atoms with Crippen LogP contribution in [0.3, 0.4) is 0 Å². The van der Waals surface area contributed by atoms with Gasteiger partial charge in [-0.3, -0.25) is 14.9 Å². The van der Waals surface area contributed by atoms with Gasteiger partial charge in [0.25, 0.3) is 11.6 Å². The van der Waals surface area contributed by atoms with Gasteiger partial charge in [-0.1, -0.05) is 12.1 Å². The van der Waals surface area contributed by atoms with Crippen molar-refractivity contribution in [2.45, 2.75) is 6.92 Å². The molecule has 0 fully saturated rings. The fourth-order valence-corrected chi connectivity index (χ4v) is 2.01. The number of amides is 1. The summed E-state index contributed by atoms with van der Waals surface area (Å²) in [5.41, 5.74) is 2.01. The molecule has 0 saturated heterocycles. The van der Waals surface area contributed by atoms with Crippen LogP contribution in [0.15, 0.2) is 47.6 Å². The van der Waals surface area contributed by atoms with Crippen LogP contribution in [0.4, 0.5) is 5.69 Å². The molecule has 0 spiro atoms. The first-order valence-electron chi connectivity index (χ1n) is 7.65. The first-order chi connectivity index (χ1) is 12.5. The number of aromatic hydroxyl groups is 1. The van der Waals surface area contributed by atoms with Crippen molar-refractivity contribution >= 4 is 17.8 Å². The Kier molecular flexibility index (Phi) is 6.49. The molecule has 0 bridgehead atoms. The first-order valence-corrected chi connectivity index (χ1v) is 7.65. The lowest BCUT2D eigenvalue weighted by Crippen LogP contribution is -2.24. The number of phenols is 1. The molecule has 0 unspecified atom stereocenters. The van der Waals surface area contributed by atoms with Crippen molar-refractivity contribution in [1.82, 2.24) is 5.43 Å². The summed E-state index contributed by atoms with van der Waals surface area (Å²) in [6.07, 6.45) is 1.07. The molecule has 2 rings (SSSR count). The number of phenolic OH excluding ortho intramolecular Hbond substituents is 1. The van der Waals surface area contributed by atoms with E-state index in [1.54, 1.807) is 24.3 Å². The smallest absolute Gasteiger partial charge is 0.278 e. The van der Waals surface area contributed by atoms with Crippen molar-refractivity contribution in [3.63, 3.8) is 0 Å². The number of rotatable bonds is 8. The average Bonchev–Trinajstić information content (AvgIpc) is 2.61. The molecule has 136 valence electrons. The molecule has 0 aliphatic rings. The van der Waals surface area contributed by atoms with Crippen LogP contribution in [0.25, 0.3) is 0 Å². The second kappa shape index (κ2) is 9.02. The molecule has 0 aliphatic heterocycles. The van der Waals surface area contributed by atoms with Gasteiger partial charge < -0.3 is 14.6 Å². The number of hydrazone groups is 1. The number of nitrogens with one attached hydrogen (secondary N) is 1. The number of carbonyl (C=O) groups is 1.